The Balaban J connectivity index is 1.24. The summed E-state index contributed by atoms with van der Waals surface area (Å²) in [5.74, 6) is 0. The van der Waals surface area contributed by atoms with Gasteiger partial charge in [0, 0.05) is 66.1 Å². The molecule has 3 nitrogen and oxygen atoms in total. The zero-order valence-electron chi connectivity index (χ0n) is 15.4. The molecule has 0 saturated carbocycles. The molecule has 0 bridgehead atoms. The summed E-state index contributed by atoms with van der Waals surface area (Å²) in [5.41, 5.74) is 6.83. The smallest absolute Gasteiger partial charge is 0.0475 e. The van der Waals surface area contributed by atoms with Crippen LogP contribution < -0.4 is 4.90 Å². The standard InChI is InChI=1S/C23H24ClN3/c24-19-5-6-20-21(16-25-22(20)15-19)17-7-10-26(11-8-17)13-14-27-12-9-18-3-1-2-4-23(18)27/h1-7,15-16,25H,8-14H2. The Morgan fingerprint density at radius 1 is 1.00 bits per heavy atom. The number of hydrogen-bond acceptors (Lipinski definition) is 2. The summed E-state index contributed by atoms with van der Waals surface area (Å²) in [5, 5.41) is 2.05. The van der Waals surface area contributed by atoms with Crippen molar-refractivity contribution in [3.8, 4) is 0 Å². The summed E-state index contributed by atoms with van der Waals surface area (Å²) in [6.07, 6.45) is 6.82. The van der Waals surface area contributed by atoms with E-state index in [-0.39, 0.29) is 0 Å². The van der Waals surface area contributed by atoms with Gasteiger partial charge in [0.25, 0.3) is 0 Å². The summed E-state index contributed by atoms with van der Waals surface area (Å²) in [6, 6.07) is 14.9. The third-order valence-electron chi connectivity index (χ3n) is 5.95. The SMILES string of the molecule is Clc1ccc2c(C3=CCN(CCN4CCc5ccccc54)CC3)c[nH]c2c1. The molecule has 5 rings (SSSR count). The maximum absolute atomic E-state index is 6.11. The van der Waals surface area contributed by atoms with Gasteiger partial charge in [-0.15, -0.1) is 0 Å². The zero-order chi connectivity index (χ0) is 18.2. The van der Waals surface area contributed by atoms with Gasteiger partial charge in [-0.1, -0.05) is 41.9 Å². The number of para-hydroxylation sites is 1. The molecule has 138 valence electrons. The number of aromatic nitrogens is 1. The molecule has 2 aliphatic heterocycles. The van der Waals surface area contributed by atoms with E-state index >= 15 is 0 Å². The van der Waals surface area contributed by atoms with Crippen LogP contribution in [0.5, 0.6) is 0 Å². The lowest BCUT2D eigenvalue weighted by Crippen LogP contribution is -2.36. The average Bonchev–Trinajstić information content (AvgIpc) is 3.30. The molecule has 27 heavy (non-hydrogen) atoms. The first-order chi connectivity index (χ1) is 13.3. The minimum absolute atomic E-state index is 0.781. The molecule has 3 heterocycles. The van der Waals surface area contributed by atoms with Gasteiger partial charge in [0.15, 0.2) is 0 Å². The van der Waals surface area contributed by atoms with Crippen molar-refractivity contribution >= 4 is 33.8 Å². The monoisotopic (exact) mass is 377 g/mol. The number of H-pyrrole nitrogens is 1. The van der Waals surface area contributed by atoms with Crippen molar-refractivity contribution < 1.29 is 0 Å². The second kappa shape index (κ2) is 7.06. The maximum Gasteiger partial charge on any atom is 0.0475 e. The predicted octanol–water partition coefficient (Wildman–Crippen LogP) is 4.97. The number of halogens is 1. The predicted molar refractivity (Wildman–Crippen MR) is 115 cm³/mol. The van der Waals surface area contributed by atoms with Crippen molar-refractivity contribution in [1.29, 1.82) is 0 Å². The van der Waals surface area contributed by atoms with E-state index in [1.807, 2.05) is 12.1 Å². The number of aromatic amines is 1. The number of rotatable bonds is 4. The lowest BCUT2D eigenvalue weighted by Gasteiger charge is -2.29. The van der Waals surface area contributed by atoms with Crippen LogP contribution in [0.3, 0.4) is 0 Å². The molecule has 1 aromatic heterocycles. The molecule has 3 aromatic rings. The molecule has 0 radical (unpaired) electrons. The van der Waals surface area contributed by atoms with Gasteiger partial charge in [0.1, 0.15) is 0 Å². The molecule has 4 heteroatoms. The number of benzene rings is 2. The van der Waals surface area contributed by atoms with Crippen LogP contribution in [0.4, 0.5) is 5.69 Å². The van der Waals surface area contributed by atoms with E-state index in [4.69, 9.17) is 11.6 Å². The number of anilines is 1. The van der Waals surface area contributed by atoms with E-state index in [0.717, 1.165) is 49.7 Å². The van der Waals surface area contributed by atoms with Crippen LogP contribution in [0.25, 0.3) is 16.5 Å². The highest BCUT2D eigenvalue weighted by Crippen LogP contribution is 2.31. The second-order valence-electron chi connectivity index (χ2n) is 7.54. The van der Waals surface area contributed by atoms with Gasteiger partial charge in [-0.2, -0.15) is 0 Å². The van der Waals surface area contributed by atoms with Crippen LogP contribution in [0.2, 0.25) is 5.02 Å². The fraction of sp³-hybridized carbons (Fsp3) is 0.304. The van der Waals surface area contributed by atoms with Gasteiger partial charge in [-0.05, 0) is 42.2 Å². The molecule has 0 amide bonds. The molecule has 0 saturated heterocycles. The average molecular weight is 378 g/mol. The second-order valence-corrected chi connectivity index (χ2v) is 7.97. The van der Waals surface area contributed by atoms with Crippen molar-refractivity contribution in [3.63, 3.8) is 0 Å². The van der Waals surface area contributed by atoms with E-state index in [2.05, 4.69) is 57.4 Å². The first kappa shape index (κ1) is 16.9. The summed E-state index contributed by atoms with van der Waals surface area (Å²) in [6.45, 7) is 5.56. The fourth-order valence-electron chi connectivity index (χ4n) is 4.42. The molecule has 0 spiro atoms. The van der Waals surface area contributed by atoms with Gasteiger partial charge in [0.05, 0.1) is 0 Å². The van der Waals surface area contributed by atoms with Crippen molar-refractivity contribution in [1.82, 2.24) is 9.88 Å². The van der Waals surface area contributed by atoms with Crippen LogP contribution in [0, 0.1) is 0 Å². The molecule has 2 aliphatic rings. The van der Waals surface area contributed by atoms with Crippen molar-refractivity contribution in [3.05, 3.63) is 70.9 Å². The lowest BCUT2D eigenvalue weighted by molar-refractivity contribution is 0.308. The number of nitrogens with one attached hydrogen (secondary N) is 1. The fourth-order valence-corrected chi connectivity index (χ4v) is 4.60. The van der Waals surface area contributed by atoms with E-state index in [9.17, 15) is 0 Å². The summed E-state index contributed by atoms with van der Waals surface area (Å²) < 4.78 is 0. The third-order valence-corrected chi connectivity index (χ3v) is 6.19. The van der Waals surface area contributed by atoms with E-state index in [0.29, 0.717) is 0 Å². The summed E-state index contributed by atoms with van der Waals surface area (Å²) in [4.78, 5) is 8.47. The Hall–Kier alpha value is -2.23. The molecular formula is C23H24ClN3. The molecule has 0 aliphatic carbocycles. The Morgan fingerprint density at radius 3 is 2.81 bits per heavy atom. The summed E-state index contributed by atoms with van der Waals surface area (Å²) in [7, 11) is 0. The minimum atomic E-state index is 0.781. The van der Waals surface area contributed by atoms with E-state index < -0.39 is 0 Å². The first-order valence-corrected chi connectivity index (χ1v) is 10.2. The highest BCUT2D eigenvalue weighted by molar-refractivity contribution is 6.31. The van der Waals surface area contributed by atoms with Gasteiger partial charge in [0.2, 0.25) is 0 Å². The van der Waals surface area contributed by atoms with Gasteiger partial charge in [-0.3, -0.25) is 4.90 Å². The molecule has 2 aromatic carbocycles. The topological polar surface area (TPSA) is 22.3 Å². The summed E-state index contributed by atoms with van der Waals surface area (Å²) >= 11 is 6.11. The Morgan fingerprint density at radius 2 is 1.93 bits per heavy atom. The zero-order valence-corrected chi connectivity index (χ0v) is 16.2. The van der Waals surface area contributed by atoms with E-state index in [1.54, 1.807) is 0 Å². The highest BCUT2D eigenvalue weighted by Gasteiger charge is 2.20. The van der Waals surface area contributed by atoms with Crippen molar-refractivity contribution in [2.24, 2.45) is 0 Å². The normalized spacial score (nSPS) is 17.4. The maximum atomic E-state index is 6.11. The number of fused-ring (bicyclic) bond motifs is 2. The molecule has 0 unspecified atom stereocenters. The first-order valence-electron chi connectivity index (χ1n) is 9.79. The third kappa shape index (κ3) is 3.26. The molecule has 1 N–H and O–H groups in total. The molecular weight excluding hydrogens is 354 g/mol. The Bertz CT molecular complexity index is 1000. The Labute approximate surface area is 165 Å². The molecule has 0 fully saturated rings. The molecule has 0 atom stereocenters. The minimum Gasteiger partial charge on any atom is -0.370 e. The van der Waals surface area contributed by atoms with Crippen LogP contribution >= 0.6 is 11.6 Å². The number of nitrogens with zero attached hydrogens (tertiary/aromatic N) is 2. The van der Waals surface area contributed by atoms with Gasteiger partial charge in [-0.25, -0.2) is 0 Å². The highest BCUT2D eigenvalue weighted by atomic mass is 35.5. The lowest BCUT2D eigenvalue weighted by atomic mass is 9.99. The number of hydrogen-bond donors (Lipinski definition) is 1. The quantitative estimate of drug-likeness (QED) is 0.693. The van der Waals surface area contributed by atoms with Crippen molar-refractivity contribution in [2.45, 2.75) is 12.8 Å². The van der Waals surface area contributed by atoms with Crippen LogP contribution in [0.15, 0.2) is 54.7 Å². The Kier molecular flexibility index (Phi) is 4.42. The van der Waals surface area contributed by atoms with Crippen LogP contribution in [-0.2, 0) is 6.42 Å². The van der Waals surface area contributed by atoms with Crippen LogP contribution in [0.1, 0.15) is 17.5 Å². The van der Waals surface area contributed by atoms with Crippen LogP contribution in [-0.4, -0.2) is 42.6 Å². The van der Waals surface area contributed by atoms with Gasteiger partial charge >= 0.3 is 0 Å². The van der Waals surface area contributed by atoms with E-state index in [1.165, 1.54) is 34.2 Å². The van der Waals surface area contributed by atoms with Crippen molar-refractivity contribution in [2.75, 3.05) is 37.6 Å². The van der Waals surface area contributed by atoms with Gasteiger partial charge < -0.3 is 9.88 Å². The largest absolute Gasteiger partial charge is 0.370 e.